The summed E-state index contributed by atoms with van der Waals surface area (Å²) in [6, 6.07) is 4.71. The molecule has 0 aromatic heterocycles. The van der Waals surface area contributed by atoms with Crippen molar-refractivity contribution >= 4 is 15.9 Å². The quantitative estimate of drug-likeness (QED) is 0.888. The highest BCUT2D eigenvalue weighted by molar-refractivity contribution is 7.89. The maximum Gasteiger partial charge on any atom is 0.251 e. The van der Waals surface area contributed by atoms with Crippen molar-refractivity contribution in [2.45, 2.75) is 25.7 Å². The molecule has 1 aromatic rings. The van der Waals surface area contributed by atoms with Crippen LogP contribution in [0.4, 0.5) is 0 Å². The third kappa shape index (κ3) is 3.13. The number of sulfonamides is 1. The van der Waals surface area contributed by atoms with E-state index in [2.05, 4.69) is 5.32 Å². The van der Waals surface area contributed by atoms with Crippen LogP contribution in [0.15, 0.2) is 23.1 Å². The predicted octanol–water partition coefficient (Wildman–Crippen LogP) is 1.39. The Hall–Kier alpha value is -1.40. The molecule has 106 valence electrons. The molecule has 1 N–H and O–H groups in total. The second-order valence-electron chi connectivity index (χ2n) is 4.15. The smallest absolute Gasteiger partial charge is 0.251 e. The van der Waals surface area contributed by atoms with Crippen molar-refractivity contribution in [3.63, 3.8) is 0 Å². The first-order chi connectivity index (χ1) is 8.88. The lowest BCUT2D eigenvalue weighted by atomic mass is 10.1. The molecule has 0 aliphatic heterocycles. The van der Waals surface area contributed by atoms with Gasteiger partial charge in [-0.15, -0.1) is 0 Å². The molecule has 1 aromatic carbocycles. The van der Waals surface area contributed by atoms with Gasteiger partial charge in [0.25, 0.3) is 5.91 Å². The summed E-state index contributed by atoms with van der Waals surface area (Å²) < 4.78 is 26.3. The first-order valence-electron chi connectivity index (χ1n) is 6.21. The fraction of sp³-hybridized carbons (Fsp3) is 0.462. The normalized spacial score (nSPS) is 11.6. The van der Waals surface area contributed by atoms with Gasteiger partial charge in [0, 0.05) is 25.7 Å². The molecule has 0 spiro atoms. The number of hydrogen-bond donors (Lipinski definition) is 1. The minimum absolute atomic E-state index is 0.192. The van der Waals surface area contributed by atoms with Crippen LogP contribution in [0.5, 0.6) is 0 Å². The molecule has 6 heteroatoms. The van der Waals surface area contributed by atoms with Crippen LogP contribution in [0.25, 0.3) is 0 Å². The molecule has 1 amide bonds. The maximum atomic E-state index is 12.5. The molecule has 0 fully saturated rings. The summed E-state index contributed by atoms with van der Waals surface area (Å²) >= 11 is 0. The molecule has 1 rings (SSSR count). The van der Waals surface area contributed by atoms with Gasteiger partial charge in [-0.3, -0.25) is 4.79 Å². The van der Waals surface area contributed by atoms with Crippen molar-refractivity contribution in [3.8, 4) is 0 Å². The van der Waals surface area contributed by atoms with Crippen LogP contribution in [0.2, 0.25) is 0 Å². The molecule has 0 aliphatic carbocycles. The van der Waals surface area contributed by atoms with Gasteiger partial charge >= 0.3 is 0 Å². The zero-order valence-corrected chi connectivity index (χ0v) is 12.5. The van der Waals surface area contributed by atoms with Crippen LogP contribution in [0, 0.1) is 6.92 Å². The molecule has 0 aliphatic rings. The molecular weight excluding hydrogens is 264 g/mol. The van der Waals surface area contributed by atoms with E-state index < -0.39 is 10.0 Å². The molecule has 0 radical (unpaired) electrons. The van der Waals surface area contributed by atoms with Crippen molar-refractivity contribution < 1.29 is 13.2 Å². The molecule has 0 saturated heterocycles. The highest BCUT2D eigenvalue weighted by Crippen LogP contribution is 2.21. The summed E-state index contributed by atoms with van der Waals surface area (Å²) in [6.07, 6.45) is 0. The molecule has 0 unspecified atom stereocenters. The van der Waals surface area contributed by atoms with E-state index in [0.29, 0.717) is 24.2 Å². The van der Waals surface area contributed by atoms with Gasteiger partial charge < -0.3 is 5.32 Å². The number of benzene rings is 1. The minimum Gasteiger partial charge on any atom is -0.355 e. The Bertz CT molecular complexity index is 563. The van der Waals surface area contributed by atoms with Crippen molar-refractivity contribution in [3.05, 3.63) is 29.3 Å². The summed E-state index contributed by atoms with van der Waals surface area (Å²) in [7, 11) is -2.03. The zero-order valence-electron chi connectivity index (χ0n) is 11.7. The molecule has 0 atom stereocenters. The number of carbonyl (C=O) groups is 1. The Morgan fingerprint density at radius 1 is 1.26 bits per heavy atom. The Balaban J connectivity index is 3.37. The van der Waals surface area contributed by atoms with Gasteiger partial charge in [0.15, 0.2) is 0 Å². The van der Waals surface area contributed by atoms with Gasteiger partial charge in [-0.1, -0.05) is 19.9 Å². The Kier molecular flexibility index (Phi) is 5.08. The second kappa shape index (κ2) is 6.16. The Morgan fingerprint density at radius 2 is 1.84 bits per heavy atom. The van der Waals surface area contributed by atoms with Crippen LogP contribution in [-0.2, 0) is 10.0 Å². The summed E-state index contributed by atoms with van der Waals surface area (Å²) in [6.45, 7) is 6.12. The van der Waals surface area contributed by atoms with Crippen LogP contribution in [-0.4, -0.2) is 38.8 Å². The fourth-order valence-corrected chi connectivity index (χ4v) is 3.58. The molecule has 19 heavy (non-hydrogen) atoms. The summed E-state index contributed by atoms with van der Waals surface area (Å²) in [5.74, 6) is -0.295. The average Bonchev–Trinajstić information content (AvgIpc) is 2.39. The van der Waals surface area contributed by atoms with Crippen molar-refractivity contribution in [2.24, 2.45) is 0 Å². The van der Waals surface area contributed by atoms with E-state index in [1.54, 1.807) is 32.9 Å². The van der Waals surface area contributed by atoms with Gasteiger partial charge in [-0.05, 0) is 24.6 Å². The molecule has 5 nitrogen and oxygen atoms in total. The van der Waals surface area contributed by atoms with Gasteiger partial charge in [-0.2, -0.15) is 4.31 Å². The number of carbonyl (C=O) groups excluding carboxylic acids is 1. The molecular formula is C13H20N2O3S. The lowest BCUT2D eigenvalue weighted by molar-refractivity contribution is 0.0963. The highest BCUT2D eigenvalue weighted by Gasteiger charge is 2.24. The monoisotopic (exact) mass is 284 g/mol. The van der Waals surface area contributed by atoms with E-state index in [9.17, 15) is 13.2 Å². The van der Waals surface area contributed by atoms with E-state index in [0.717, 1.165) is 0 Å². The average molecular weight is 284 g/mol. The number of amides is 1. The number of nitrogens with zero attached hydrogens (tertiary/aromatic N) is 1. The Labute approximate surface area is 114 Å². The van der Waals surface area contributed by atoms with Crippen molar-refractivity contribution in [1.82, 2.24) is 9.62 Å². The lowest BCUT2D eigenvalue weighted by Gasteiger charge is -2.20. The zero-order chi connectivity index (χ0) is 14.6. The molecule has 0 bridgehead atoms. The third-order valence-electron chi connectivity index (χ3n) is 3.00. The van der Waals surface area contributed by atoms with Gasteiger partial charge in [0.05, 0.1) is 4.90 Å². The number of rotatable bonds is 5. The van der Waals surface area contributed by atoms with E-state index in [-0.39, 0.29) is 10.8 Å². The summed E-state index contributed by atoms with van der Waals surface area (Å²) in [5, 5.41) is 2.49. The third-order valence-corrected chi connectivity index (χ3v) is 5.19. The number of aryl methyl sites for hydroxylation is 1. The van der Waals surface area contributed by atoms with Crippen molar-refractivity contribution in [1.29, 1.82) is 0 Å². The first kappa shape index (κ1) is 15.7. The lowest BCUT2D eigenvalue weighted by Crippen LogP contribution is -2.31. The Morgan fingerprint density at radius 3 is 2.32 bits per heavy atom. The first-order valence-corrected chi connectivity index (χ1v) is 7.65. The molecule has 0 heterocycles. The van der Waals surface area contributed by atoms with Crippen LogP contribution in [0.3, 0.4) is 0 Å². The van der Waals surface area contributed by atoms with E-state index in [1.807, 2.05) is 0 Å². The van der Waals surface area contributed by atoms with E-state index in [1.165, 1.54) is 17.4 Å². The maximum absolute atomic E-state index is 12.5. The fourth-order valence-electron chi connectivity index (χ4n) is 1.87. The molecule has 0 saturated carbocycles. The van der Waals surface area contributed by atoms with Crippen molar-refractivity contribution in [2.75, 3.05) is 20.1 Å². The summed E-state index contributed by atoms with van der Waals surface area (Å²) in [5.41, 5.74) is 0.985. The highest BCUT2D eigenvalue weighted by atomic mass is 32.2. The SMILES string of the molecule is CCN(CC)S(=O)(=O)c1cc(C(=O)NC)ccc1C. The van der Waals surface area contributed by atoms with Crippen LogP contribution in [0.1, 0.15) is 29.8 Å². The van der Waals surface area contributed by atoms with E-state index in [4.69, 9.17) is 0 Å². The minimum atomic E-state index is -3.54. The van der Waals surface area contributed by atoms with Crippen LogP contribution < -0.4 is 5.32 Å². The van der Waals surface area contributed by atoms with Crippen LogP contribution >= 0.6 is 0 Å². The number of nitrogens with one attached hydrogen (secondary N) is 1. The van der Waals surface area contributed by atoms with Gasteiger partial charge in [0.2, 0.25) is 10.0 Å². The second-order valence-corrected chi connectivity index (χ2v) is 6.06. The van der Waals surface area contributed by atoms with Gasteiger partial charge in [-0.25, -0.2) is 8.42 Å². The van der Waals surface area contributed by atoms with Gasteiger partial charge in [0.1, 0.15) is 0 Å². The standard InChI is InChI=1S/C13H20N2O3S/c1-5-15(6-2)19(17,18)12-9-11(13(16)14-4)8-7-10(12)3/h7-9H,5-6H2,1-4H3,(H,14,16). The topological polar surface area (TPSA) is 66.5 Å². The summed E-state index contributed by atoms with van der Waals surface area (Å²) in [4.78, 5) is 11.8. The largest absolute Gasteiger partial charge is 0.355 e. The predicted molar refractivity (Wildman–Crippen MR) is 74.7 cm³/mol. The number of hydrogen-bond acceptors (Lipinski definition) is 3. The van der Waals surface area contributed by atoms with E-state index >= 15 is 0 Å².